The smallest absolute Gasteiger partial charge is 0.212 e. The minimum atomic E-state index is -0.473. The molecule has 0 saturated heterocycles. The van der Waals surface area contributed by atoms with Gasteiger partial charge in [-0.3, -0.25) is 0 Å². The summed E-state index contributed by atoms with van der Waals surface area (Å²) in [5, 5.41) is 7.37. The number of anilines is 1. The topological polar surface area (TPSA) is 42.7 Å². The standard InChI is InChI=1S/C15H13FN4/c16-15-7-4-13(11-18-15)17-10-12-2-5-14(6-3-12)20-9-1-8-19-20/h1-9,11,17H,10H2. The maximum absolute atomic E-state index is 12.7. The van der Waals surface area contributed by atoms with E-state index in [1.165, 1.54) is 12.3 Å². The van der Waals surface area contributed by atoms with Gasteiger partial charge in [-0.2, -0.15) is 9.49 Å². The summed E-state index contributed by atoms with van der Waals surface area (Å²) < 4.78 is 14.5. The van der Waals surface area contributed by atoms with E-state index >= 15 is 0 Å². The van der Waals surface area contributed by atoms with E-state index in [2.05, 4.69) is 15.4 Å². The molecule has 5 heteroatoms. The zero-order valence-electron chi connectivity index (χ0n) is 10.7. The van der Waals surface area contributed by atoms with Crippen molar-refractivity contribution in [1.29, 1.82) is 0 Å². The summed E-state index contributed by atoms with van der Waals surface area (Å²) in [5.74, 6) is -0.473. The van der Waals surface area contributed by atoms with Crippen LogP contribution in [0.25, 0.3) is 5.69 Å². The number of nitrogens with one attached hydrogen (secondary N) is 1. The van der Waals surface area contributed by atoms with Crippen LogP contribution in [-0.4, -0.2) is 14.8 Å². The summed E-state index contributed by atoms with van der Waals surface area (Å²) in [4.78, 5) is 3.60. The summed E-state index contributed by atoms with van der Waals surface area (Å²) in [5.41, 5.74) is 2.94. The number of nitrogens with zero attached hydrogens (tertiary/aromatic N) is 3. The fraction of sp³-hybridized carbons (Fsp3) is 0.0667. The van der Waals surface area contributed by atoms with Gasteiger partial charge in [0.15, 0.2) is 0 Å². The minimum absolute atomic E-state index is 0.473. The molecular weight excluding hydrogens is 255 g/mol. The normalized spacial score (nSPS) is 10.4. The highest BCUT2D eigenvalue weighted by Gasteiger charge is 1.98. The number of rotatable bonds is 4. The van der Waals surface area contributed by atoms with Gasteiger partial charge >= 0.3 is 0 Å². The highest BCUT2D eigenvalue weighted by molar-refractivity contribution is 5.41. The summed E-state index contributed by atoms with van der Waals surface area (Å²) in [6.45, 7) is 0.659. The van der Waals surface area contributed by atoms with Crippen molar-refractivity contribution in [1.82, 2.24) is 14.8 Å². The summed E-state index contributed by atoms with van der Waals surface area (Å²) in [6.07, 6.45) is 5.13. The molecule has 1 aromatic carbocycles. The molecule has 2 aromatic heterocycles. The SMILES string of the molecule is Fc1ccc(NCc2ccc(-n3cccn3)cc2)cn1. The van der Waals surface area contributed by atoms with Crippen LogP contribution in [0.3, 0.4) is 0 Å². The van der Waals surface area contributed by atoms with Gasteiger partial charge in [0.25, 0.3) is 0 Å². The van der Waals surface area contributed by atoms with Crippen molar-refractivity contribution < 1.29 is 4.39 Å². The Morgan fingerprint density at radius 1 is 1.10 bits per heavy atom. The third-order valence-electron chi connectivity index (χ3n) is 2.93. The molecule has 0 aliphatic rings. The Balaban J connectivity index is 1.65. The van der Waals surface area contributed by atoms with Crippen LogP contribution >= 0.6 is 0 Å². The van der Waals surface area contributed by atoms with Crippen molar-refractivity contribution in [2.45, 2.75) is 6.54 Å². The summed E-state index contributed by atoms with van der Waals surface area (Å²) >= 11 is 0. The van der Waals surface area contributed by atoms with Gasteiger partial charge in [-0.15, -0.1) is 0 Å². The molecule has 4 nitrogen and oxygen atoms in total. The second-order valence-electron chi connectivity index (χ2n) is 4.34. The first-order valence-electron chi connectivity index (χ1n) is 6.26. The van der Waals surface area contributed by atoms with E-state index < -0.39 is 5.95 Å². The predicted molar refractivity (Wildman–Crippen MR) is 75.1 cm³/mol. The number of aromatic nitrogens is 3. The van der Waals surface area contributed by atoms with E-state index in [1.807, 2.05) is 36.5 Å². The van der Waals surface area contributed by atoms with Gasteiger partial charge in [-0.1, -0.05) is 12.1 Å². The molecule has 3 rings (SSSR count). The molecule has 0 aliphatic heterocycles. The molecule has 0 atom stereocenters. The molecule has 0 aliphatic carbocycles. The molecular formula is C15H13FN4. The van der Waals surface area contributed by atoms with Gasteiger partial charge < -0.3 is 5.32 Å². The zero-order chi connectivity index (χ0) is 13.8. The van der Waals surface area contributed by atoms with E-state index in [0.717, 1.165) is 16.9 Å². The first-order valence-corrected chi connectivity index (χ1v) is 6.26. The second kappa shape index (κ2) is 5.52. The Morgan fingerprint density at radius 3 is 2.60 bits per heavy atom. The van der Waals surface area contributed by atoms with Crippen LogP contribution in [0.15, 0.2) is 61.1 Å². The third kappa shape index (κ3) is 2.83. The number of hydrogen-bond acceptors (Lipinski definition) is 3. The fourth-order valence-corrected chi connectivity index (χ4v) is 1.87. The molecule has 0 amide bonds. The quantitative estimate of drug-likeness (QED) is 0.740. The predicted octanol–water partition coefficient (Wildman–Crippen LogP) is 3.02. The molecule has 0 bridgehead atoms. The Morgan fingerprint density at radius 2 is 1.95 bits per heavy atom. The van der Waals surface area contributed by atoms with Gasteiger partial charge in [0, 0.05) is 18.9 Å². The molecule has 0 fully saturated rings. The molecule has 3 aromatic rings. The maximum Gasteiger partial charge on any atom is 0.212 e. The van der Waals surface area contributed by atoms with E-state index in [-0.39, 0.29) is 0 Å². The van der Waals surface area contributed by atoms with Crippen molar-refractivity contribution in [2.75, 3.05) is 5.32 Å². The van der Waals surface area contributed by atoms with Crippen molar-refractivity contribution in [2.24, 2.45) is 0 Å². The lowest BCUT2D eigenvalue weighted by molar-refractivity contribution is 0.584. The third-order valence-corrected chi connectivity index (χ3v) is 2.93. The van der Waals surface area contributed by atoms with Gasteiger partial charge in [0.1, 0.15) is 0 Å². The van der Waals surface area contributed by atoms with E-state index in [1.54, 1.807) is 16.9 Å². The molecule has 0 radical (unpaired) electrons. The lowest BCUT2D eigenvalue weighted by Crippen LogP contribution is -2.01. The first kappa shape index (κ1) is 12.3. The molecule has 2 heterocycles. The Kier molecular flexibility index (Phi) is 3.41. The van der Waals surface area contributed by atoms with Gasteiger partial charge in [-0.05, 0) is 35.9 Å². The molecule has 100 valence electrons. The van der Waals surface area contributed by atoms with Crippen molar-refractivity contribution >= 4 is 5.69 Å². The average molecular weight is 268 g/mol. The van der Waals surface area contributed by atoms with Crippen LogP contribution in [0.4, 0.5) is 10.1 Å². The molecule has 0 unspecified atom stereocenters. The van der Waals surface area contributed by atoms with Crippen LogP contribution in [0.5, 0.6) is 0 Å². The van der Waals surface area contributed by atoms with Gasteiger partial charge in [0.2, 0.25) is 5.95 Å². The van der Waals surface area contributed by atoms with E-state index in [0.29, 0.717) is 6.54 Å². The number of hydrogen-bond donors (Lipinski definition) is 1. The van der Waals surface area contributed by atoms with Gasteiger partial charge in [0.05, 0.1) is 17.6 Å². The Labute approximate surface area is 115 Å². The van der Waals surface area contributed by atoms with Crippen LogP contribution < -0.4 is 5.32 Å². The highest BCUT2D eigenvalue weighted by atomic mass is 19.1. The minimum Gasteiger partial charge on any atom is -0.380 e. The maximum atomic E-state index is 12.7. The van der Waals surface area contributed by atoms with Crippen molar-refractivity contribution in [3.8, 4) is 5.69 Å². The van der Waals surface area contributed by atoms with E-state index in [4.69, 9.17) is 0 Å². The second-order valence-corrected chi connectivity index (χ2v) is 4.34. The molecule has 0 saturated carbocycles. The zero-order valence-corrected chi connectivity index (χ0v) is 10.7. The van der Waals surface area contributed by atoms with Crippen LogP contribution in [0, 0.1) is 5.95 Å². The number of pyridine rings is 1. The Hall–Kier alpha value is -2.69. The van der Waals surface area contributed by atoms with E-state index in [9.17, 15) is 4.39 Å². The molecule has 0 spiro atoms. The summed E-state index contributed by atoms with van der Waals surface area (Å²) in [7, 11) is 0. The van der Waals surface area contributed by atoms with Crippen molar-refractivity contribution in [3.05, 3.63) is 72.6 Å². The Bertz CT molecular complexity index is 660. The lowest BCUT2D eigenvalue weighted by atomic mass is 10.2. The number of halogens is 1. The average Bonchev–Trinajstić information content (AvgIpc) is 3.01. The number of benzene rings is 1. The van der Waals surface area contributed by atoms with Crippen LogP contribution in [0.2, 0.25) is 0 Å². The monoisotopic (exact) mass is 268 g/mol. The fourth-order valence-electron chi connectivity index (χ4n) is 1.87. The molecule has 20 heavy (non-hydrogen) atoms. The van der Waals surface area contributed by atoms with Crippen LogP contribution in [-0.2, 0) is 6.54 Å². The molecule has 1 N–H and O–H groups in total. The highest BCUT2D eigenvalue weighted by Crippen LogP contribution is 2.11. The van der Waals surface area contributed by atoms with Gasteiger partial charge in [-0.25, -0.2) is 9.67 Å². The lowest BCUT2D eigenvalue weighted by Gasteiger charge is -2.07. The summed E-state index contributed by atoms with van der Waals surface area (Å²) in [6, 6.07) is 13.0. The largest absolute Gasteiger partial charge is 0.380 e. The first-order chi connectivity index (χ1) is 9.81. The van der Waals surface area contributed by atoms with Crippen LogP contribution in [0.1, 0.15) is 5.56 Å². The van der Waals surface area contributed by atoms with Crippen molar-refractivity contribution in [3.63, 3.8) is 0 Å².